The van der Waals surface area contributed by atoms with Gasteiger partial charge in [0.2, 0.25) is 5.91 Å². The van der Waals surface area contributed by atoms with Crippen LogP contribution in [0.25, 0.3) is 0 Å². The molecule has 0 aliphatic carbocycles. The van der Waals surface area contributed by atoms with Crippen LogP contribution in [0.3, 0.4) is 0 Å². The molecule has 5 heteroatoms. The van der Waals surface area contributed by atoms with Crippen LogP contribution in [0.5, 0.6) is 0 Å². The zero-order valence-corrected chi connectivity index (χ0v) is 10.4. The molecule has 2 N–H and O–H groups in total. The second-order valence-corrected chi connectivity index (χ2v) is 3.88. The monoisotopic (exact) mass is 259 g/mol. The summed E-state index contributed by atoms with van der Waals surface area (Å²) in [6.45, 7) is 1.35. The molecular formula is C14H13NO4. The molecule has 0 aliphatic heterocycles. The van der Waals surface area contributed by atoms with Crippen LogP contribution in [0, 0.1) is 11.8 Å². The first-order valence-electron chi connectivity index (χ1n) is 5.57. The van der Waals surface area contributed by atoms with E-state index in [9.17, 15) is 14.4 Å². The minimum absolute atomic E-state index is 0.153. The molecule has 19 heavy (non-hydrogen) atoms. The number of carbonyl (C=O) groups excluding carboxylic acids is 2. The Kier molecular flexibility index (Phi) is 5.30. The van der Waals surface area contributed by atoms with Gasteiger partial charge in [-0.15, -0.1) is 0 Å². The van der Waals surface area contributed by atoms with Crippen molar-refractivity contribution in [2.45, 2.75) is 19.8 Å². The van der Waals surface area contributed by atoms with Gasteiger partial charge in [0.05, 0.1) is 6.42 Å². The van der Waals surface area contributed by atoms with Gasteiger partial charge in [-0.25, -0.2) is 0 Å². The van der Waals surface area contributed by atoms with Gasteiger partial charge < -0.3 is 10.4 Å². The Bertz CT molecular complexity index is 549. The number of anilines is 1. The number of hydrogen-bond acceptors (Lipinski definition) is 3. The first kappa shape index (κ1) is 14.5. The van der Waals surface area contributed by atoms with Crippen molar-refractivity contribution >= 4 is 23.3 Å². The number of benzene rings is 1. The molecule has 1 aromatic rings. The average Bonchev–Trinajstić information content (AvgIpc) is 2.29. The highest BCUT2D eigenvalue weighted by atomic mass is 16.4. The van der Waals surface area contributed by atoms with E-state index < -0.39 is 5.97 Å². The highest BCUT2D eigenvalue weighted by Gasteiger charge is 2.04. The third-order valence-electron chi connectivity index (χ3n) is 2.05. The van der Waals surface area contributed by atoms with Gasteiger partial charge in [0.25, 0.3) is 0 Å². The molecule has 0 atom stereocenters. The number of hydrogen-bond donors (Lipinski definition) is 2. The molecule has 0 unspecified atom stereocenters. The van der Waals surface area contributed by atoms with Crippen LogP contribution in [0.4, 0.5) is 5.69 Å². The molecular weight excluding hydrogens is 246 g/mol. The molecule has 1 rings (SSSR count). The number of nitrogens with one attached hydrogen (secondary N) is 1. The van der Waals surface area contributed by atoms with Crippen molar-refractivity contribution in [2.75, 3.05) is 5.32 Å². The quantitative estimate of drug-likeness (QED) is 0.633. The topological polar surface area (TPSA) is 83.5 Å². The third kappa shape index (κ3) is 6.03. The number of rotatable bonds is 4. The van der Waals surface area contributed by atoms with E-state index in [1.54, 1.807) is 24.3 Å². The number of ketones is 1. The highest BCUT2D eigenvalue weighted by molar-refractivity contribution is 6.03. The molecule has 5 nitrogen and oxygen atoms in total. The van der Waals surface area contributed by atoms with Gasteiger partial charge in [-0.1, -0.05) is 11.8 Å². The summed E-state index contributed by atoms with van der Waals surface area (Å²) >= 11 is 0. The zero-order valence-electron chi connectivity index (χ0n) is 10.4. The summed E-state index contributed by atoms with van der Waals surface area (Å²) in [5.41, 5.74) is 1.22. The van der Waals surface area contributed by atoms with E-state index in [-0.39, 0.29) is 24.5 Å². The van der Waals surface area contributed by atoms with Gasteiger partial charge in [-0.3, -0.25) is 14.4 Å². The number of amides is 1. The molecule has 98 valence electrons. The summed E-state index contributed by atoms with van der Waals surface area (Å²) in [5.74, 6) is 3.66. The summed E-state index contributed by atoms with van der Waals surface area (Å²) < 4.78 is 0. The van der Waals surface area contributed by atoms with E-state index in [4.69, 9.17) is 5.11 Å². The Morgan fingerprint density at radius 2 is 1.84 bits per heavy atom. The van der Waals surface area contributed by atoms with Crippen molar-refractivity contribution in [3.63, 3.8) is 0 Å². The largest absolute Gasteiger partial charge is 0.481 e. The van der Waals surface area contributed by atoms with Gasteiger partial charge in [0, 0.05) is 11.3 Å². The fourth-order valence-corrected chi connectivity index (χ4v) is 1.29. The lowest BCUT2D eigenvalue weighted by molar-refractivity contribution is -0.135. The average molecular weight is 259 g/mol. The van der Waals surface area contributed by atoms with Gasteiger partial charge >= 0.3 is 5.97 Å². The molecule has 1 amide bonds. The molecule has 0 fully saturated rings. The Hall–Kier alpha value is -2.61. The van der Waals surface area contributed by atoms with Crippen LogP contribution in [-0.2, 0) is 14.4 Å². The maximum Gasteiger partial charge on any atom is 0.315 e. The Morgan fingerprint density at radius 3 is 2.37 bits per heavy atom. The lowest BCUT2D eigenvalue weighted by atomic mass is 10.2. The van der Waals surface area contributed by atoms with Crippen LogP contribution in [0.1, 0.15) is 25.3 Å². The summed E-state index contributed by atoms with van der Waals surface area (Å²) in [6.07, 6.45) is -0.364. The molecule has 0 radical (unpaired) electrons. The van der Waals surface area contributed by atoms with Crippen molar-refractivity contribution in [1.82, 2.24) is 0 Å². The first-order chi connectivity index (χ1) is 8.97. The van der Waals surface area contributed by atoms with E-state index >= 15 is 0 Å². The fourth-order valence-electron chi connectivity index (χ4n) is 1.29. The summed E-state index contributed by atoms with van der Waals surface area (Å²) in [6, 6.07) is 6.61. The molecule has 1 aromatic carbocycles. The standard InChI is InChI=1S/C14H13NO4/c1-10(16)9-13(17)15-12-7-5-11(6-8-12)3-2-4-14(18)19/h5-8H,4,9H2,1H3,(H,15,17)(H,18,19). The van der Waals surface area contributed by atoms with Gasteiger partial charge in [-0.05, 0) is 31.2 Å². The van der Waals surface area contributed by atoms with E-state index in [0.717, 1.165) is 0 Å². The Morgan fingerprint density at radius 1 is 1.21 bits per heavy atom. The van der Waals surface area contributed by atoms with Crippen molar-refractivity contribution in [2.24, 2.45) is 0 Å². The fraction of sp³-hybridized carbons (Fsp3) is 0.214. The van der Waals surface area contributed by atoms with E-state index in [0.29, 0.717) is 11.3 Å². The second kappa shape index (κ2) is 6.97. The molecule has 0 spiro atoms. The van der Waals surface area contributed by atoms with Crippen molar-refractivity contribution < 1.29 is 19.5 Å². The molecule has 0 aromatic heterocycles. The minimum Gasteiger partial charge on any atom is -0.481 e. The van der Waals surface area contributed by atoms with Crippen molar-refractivity contribution in [1.29, 1.82) is 0 Å². The third-order valence-corrected chi connectivity index (χ3v) is 2.05. The number of carboxylic acids is 1. The van der Waals surface area contributed by atoms with E-state index in [2.05, 4.69) is 17.2 Å². The van der Waals surface area contributed by atoms with Crippen LogP contribution >= 0.6 is 0 Å². The smallest absolute Gasteiger partial charge is 0.315 e. The van der Waals surface area contributed by atoms with Crippen LogP contribution in [0.15, 0.2) is 24.3 Å². The van der Waals surface area contributed by atoms with Crippen LogP contribution < -0.4 is 5.32 Å². The summed E-state index contributed by atoms with van der Waals surface area (Å²) in [4.78, 5) is 32.3. The van der Waals surface area contributed by atoms with Crippen LogP contribution in [0.2, 0.25) is 0 Å². The summed E-state index contributed by atoms with van der Waals surface area (Å²) in [5, 5.41) is 11.0. The lowest BCUT2D eigenvalue weighted by Crippen LogP contribution is -2.14. The molecule has 0 aliphatic rings. The summed E-state index contributed by atoms with van der Waals surface area (Å²) in [7, 11) is 0. The Labute approximate surface area is 110 Å². The molecule has 0 bridgehead atoms. The molecule has 0 saturated heterocycles. The van der Waals surface area contributed by atoms with Crippen molar-refractivity contribution in [3.05, 3.63) is 29.8 Å². The Balaban J connectivity index is 2.60. The predicted molar refractivity (Wildman–Crippen MR) is 69.5 cm³/mol. The van der Waals surface area contributed by atoms with Crippen molar-refractivity contribution in [3.8, 4) is 11.8 Å². The number of aliphatic carboxylic acids is 1. The maximum atomic E-state index is 11.3. The van der Waals surface area contributed by atoms with Gasteiger partial charge in [0.15, 0.2) is 0 Å². The second-order valence-electron chi connectivity index (χ2n) is 3.88. The molecule has 0 heterocycles. The lowest BCUT2D eigenvalue weighted by Gasteiger charge is -2.03. The minimum atomic E-state index is -0.972. The zero-order chi connectivity index (χ0) is 14.3. The first-order valence-corrected chi connectivity index (χ1v) is 5.57. The number of carbonyl (C=O) groups is 3. The molecule has 0 saturated carbocycles. The SMILES string of the molecule is CC(=O)CC(=O)Nc1ccc(C#CCC(=O)O)cc1. The van der Waals surface area contributed by atoms with E-state index in [1.165, 1.54) is 6.92 Å². The predicted octanol–water partition coefficient (Wildman–Crippen LogP) is 1.43. The van der Waals surface area contributed by atoms with Gasteiger partial charge in [-0.2, -0.15) is 0 Å². The number of carboxylic acid groups (broad SMARTS) is 1. The van der Waals surface area contributed by atoms with Gasteiger partial charge in [0.1, 0.15) is 12.2 Å². The van der Waals surface area contributed by atoms with Crippen LogP contribution in [-0.4, -0.2) is 22.8 Å². The number of Topliss-reactive ketones (excluding diaryl/α,β-unsaturated/α-hetero) is 1. The maximum absolute atomic E-state index is 11.3. The van der Waals surface area contributed by atoms with E-state index in [1.807, 2.05) is 0 Å². The normalized spacial score (nSPS) is 9.11. The highest BCUT2D eigenvalue weighted by Crippen LogP contribution is 2.09.